The molecular formula is C48H53N9O10. The van der Waals surface area contributed by atoms with Gasteiger partial charge in [-0.1, -0.05) is 91.0 Å². The minimum Gasteiger partial charge on any atom is -0.459 e. The number of carbonyl (C=O) groups excluding carboxylic acids is 5. The topological polar surface area (TPSA) is 272 Å². The van der Waals surface area contributed by atoms with Crippen LogP contribution in [0.4, 0.5) is 4.79 Å². The summed E-state index contributed by atoms with van der Waals surface area (Å²) in [7, 11) is 1.43. The van der Waals surface area contributed by atoms with E-state index in [9.17, 15) is 38.7 Å². The summed E-state index contributed by atoms with van der Waals surface area (Å²) in [6.07, 6.45) is -0.207. The minimum absolute atomic E-state index is 0.00260. The largest absolute Gasteiger partial charge is 0.459 e. The van der Waals surface area contributed by atoms with Crippen LogP contribution in [-0.4, -0.2) is 111 Å². The molecule has 4 aromatic carbocycles. The van der Waals surface area contributed by atoms with Crippen LogP contribution in [-0.2, 0) is 48.1 Å². The van der Waals surface area contributed by atoms with Gasteiger partial charge in [-0.15, -0.1) is 0 Å². The number of likely N-dealkylation sites (N-methyl/N-ethyl adjacent to an activating group) is 1. The van der Waals surface area contributed by atoms with Gasteiger partial charge in [0, 0.05) is 62.2 Å². The number of ether oxygens (including phenoxy) is 2. The molecule has 0 saturated carbocycles. The molecule has 0 bridgehead atoms. The molecule has 0 unspecified atom stereocenters. The van der Waals surface area contributed by atoms with E-state index in [0.29, 0.717) is 5.56 Å². The molecule has 7 atom stereocenters. The van der Waals surface area contributed by atoms with Gasteiger partial charge in [0.1, 0.15) is 30.8 Å². The molecule has 2 aromatic heterocycles. The Kier molecular flexibility index (Phi) is 15.3. The van der Waals surface area contributed by atoms with Crippen molar-refractivity contribution in [3.63, 3.8) is 0 Å². The number of H-pyrrole nitrogens is 2. The fourth-order valence-electron chi connectivity index (χ4n) is 8.03. The van der Waals surface area contributed by atoms with E-state index < -0.39 is 83.6 Å². The molecule has 67 heavy (non-hydrogen) atoms. The molecule has 1 aliphatic rings. The molecule has 1 fully saturated rings. The number of aromatic nitrogens is 3. The second-order valence-electron chi connectivity index (χ2n) is 16.4. The molecule has 0 aliphatic carbocycles. The highest BCUT2D eigenvalue weighted by Gasteiger charge is 2.38. The monoisotopic (exact) mass is 915 g/mol. The van der Waals surface area contributed by atoms with Crippen molar-refractivity contribution in [2.24, 2.45) is 5.73 Å². The standard InChI is InChI=1S/C48H53N9O10/c1-28(56(2)41(60)24-49)42(44(62)51-26-34-23-39(58)45(67-34)57-19-18-40(59)54-48(57)65)55-43(61)37(21-30-16-17-31-12-6-7-13-32(31)20-30)52-47(64)53-38(46(63)66-27-29-10-4-3-5-11-29)22-33-25-50-36-15-9-8-14-35(33)36/h3-20,25,28,34,37-39,42,45,50,58H,21-24,26-27,49H2,1-2H3,(H,51,62)(H,55,61)(H2,52,53,64)(H,54,59,65)/t28-,34+,37-,38-,39+,42-,45+/m0/s1. The molecule has 19 heteroatoms. The van der Waals surface area contributed by atoms with Crippen LogP contribution in [0.25, 0.3) is 21.7 Å². The van der Waals surface area contributed by atoms with Crippen molar-refractivity contribution in [2.45, 2.75) is 75.4 Å². The van der Waals surface area contributed by atoms with Crippen LogP contribution >= 0.6 is 0 Å². The maximum atomic E-state index is 14.6. The predicted molar refractivity (Wildman–Crippen MR) is 247 cm³/mol. The number of hydrogen-bond donors (Lipinski definition) is 8. The summed E-state index contributed by atoms with van der Waals surface area (Å²) in [6.45, 7) is 0.924. The molecule has 0 spiro atoms. The number of nitrogens with zero attached hydrogens (tertiary/aromatic N) is 2. The molecule has 0 radical (unpaired) electrons. The van der Waals surface area contributed by atoms with Gasteiger partial charge in [-0.2, -0.15) is 0 Å². The summed E-state index contributed by atoms with van der Waals surface area (Å²) >= 11 is 0. The zero-order valence-corrected chi connectivity index (χ0v) is 36.8. The van der Waals surface area contributed by atoms with Crippen molar-refractivity contribution in [2.75, 3.05) is 20.1 Å². The molecule has 3 heterocycles. The maximum absolute atomic E-state index is 14.6. The van der Waals surface area contributed by atoms with Crippen LogP contribution < -0.4 is 38.2 Å². The first-order chi connectivity index (χ1) is 32.3. The van der Waals surface area contributed by atoms with Gasteiger partial charge in [0.05, 0.1) is 18.7 Å². The zero-order valence-electron chi connectivity index (χ0n) is 36.8. The van der Waals surface area contributed by atoms with Gasteiger partial charge in [-0.05, 0) is 40.5 Å². The first-order valence-corrected chi connectivity index (χ1v) is 21.8. The van der Waals surface area contributed by atoms with Gasteiger partial charge >= 0.3 is 17.7 Å². The number of aromatic amines is 2. The van der Waals surface area contributed by atoms with Crippen LogP contribution in [0, 0.1) is 0 Å². The summed E-state index contributed by atoms with van der Waals surface area (Å²) in [5.74, 6) is -2.78. The molecule has 19 nitrogen and oxygen atoms in total. The summed E-state index contributed by atoms with van der Waals surface area (Å²) in [5.41, 5.74) is 7.23. The molecule has 9 N–H and O–H groups in total. The number of hydrogen-bond acceptors (Lipinski definition) is 11. The van der Waals surface area contributed by atoms with E-state index in [2.05, 4.69) is 31.2 Å². The van der Waals surface area contributed by atoms with Crippen LogP contribution in [0.5, 0.6) is 0 Å². The highest BCUT2D eigenvalue weighted by atomic mass is 16.5. The van der Waals surface area contributed by atoms with Crippen molar-refractivity contribution in [1.82, 2.24) is 40.7 Å². The minimum atomic E-state index is -1.43. The maximum Gasteiger partial charge on any atom is 0.330 e. The SMILES string of the molecule is C[C@@H]([C@H](NC(=O)[C@H](Cc1ccc2ccccc2c1)NC(=O)N[C@@H](Cc1c[nH]c2ccccc12)C(=O)OCc1ccccc1)C(=O)NC[C@H]1C[C@@H](O)[C@H](n2ccc(=O)[nH]c2=O)O1)N(C)C(=O)CN. The number of nitrogens with two attached hydrogens (primary N) is 1. The van der Waals surface area contributed by atoms with Gasteiger partial charge in [0.25, 0.3) is 5.56 Å². The number of fused-ring (bicyclic) bond motifs is 2. The third-order valence-corrected chi connectivity index (χ3v) is 11.8. The number of rotatable bonds is 18. The normalized spacial score (nSPS) is 17.5. The Labute approximate surface area is 384 Å². The van der Waals surface area contributed by atoms with Gasteiger partial charge in [0.2, 0.25) is 17.7 Å². The Morgan fingerprint density at radius 2 is 1.58 bits per heavy atom. The summed E-state index contributed by atoms with van der Waals surface area (Å²) in [4.78, 5) is 100. The fourth-order valence-corrected chi connectivity index (χ4v) is 8.03. The fraction of sp³-hybridized carbons (Fsp3) is 0.312. The Morgan fingerprint density at radius 1 is 0.866 bits per heavy atom. The summed E-state index contributed by atoms with van der Waals surface area (Å²) in [5, 5.41) is 24.4. The number of para-hydroxylation sites is 1. The second-order valence-corrected chi connectivity index (χ2v) is 16.4. The molecule has 1 saturated heterocycles. The van der Waals surface area contributed by atoms with Crippen LogP contribution in [0.1, 0.15) is 36.3 Å². The Balaban J connectivity index is 1.12. The number of urea groups is 1. The first kappa shape index (κ1) is 47.4. The molecule has 6 aromatic rings. The van der Waals surface area contributed by atoms with E-state index in [1.54, 1.807) is 25.3 Å². The van der Waals surface area contributed by atoms with Crippen molar-refractivity contribution in [1.29, 1.82) is 0 Å². The summed E-state index contributed by atoms with van der Waals surface area (Å²) in [6, 6.07) is 25.0. The lowest BCUT2D eigenvalue weighted by molar-refractivity contribution is -0.147. The van der Waals surface area contributed by atoms with E-state index in [-0.39, 0.29) is 39.0 Å². The molecular weight excluding hydrogens is 863 g/mol. The molecule has 1 aliphatic heterocycles. The number of carbonyl (C=O) groups is 5. The van der Waals surface area contributed by atoms with E-state index in [1.165, 1.54) is 18.1 Å². The summed E-state index contributed by atoms with van der Waals surface area (Å²) < 4.78 is 12.6. The predicted octanol–water partition coefficient (Wildman–Crippen LogP) is 1.49. The van der Waals surface area contributed by atoms with E-state index in [1.807, 2.05) is 84.9 Å². The average Bonchev–Trinajstić information content (AvgIpc) is 3.92. The molecule has 350 valence electrons. The Morgan fingerprint density at radius 3 is 2.34 bits per heavy atom. The lowest BCUT2D eigenvalue weighted by Crippen LogP contribution is -2.62. The van der Waals surface area contributed by atoms with E-state index >= 15 is 0 Å². The Bertz CT molecular complexity index is 2850. The highest BCUT2D eigenvalue weighted by Crippen LogP contribution is 2.27. The van der Waals surface area contributed by atoms with E-state index in [4.69, 9.17) is 15.2 Å². The third kappa shape index (κ3) is 11.8. The quantitative estimate of drug-likeness (QED) is 0.0573. The lowest BCUT2D eigenvalue weighted by Gasteiger charge is -2.33. The number of aliphatic hydroxyl groups excluding tert-OH is 1. The smallest absolute Gasteiger partial charge is 0.330 e. The number of esters is 1. The van der Waals surface area contributed by atoms with Crippen molar-refractivity contribution in [3.8, 4) is 0 Å². The first-order valence-electron chi connectivity index (χ1n) is 21.8. The number of nitrogens with one attached hydrogen (secondary N) is 6. The van der Waals surface area contributed by atoms with Crippen LogP contribution in [0.3, 0.4) is 0 Å². The van der Waals surface area contributed by atoms with Gasteiger partial charge in [-0.25, -0.2) is 14.4 Å². The highest BCUT2D eigenvalue weighted by molar-refractivity contribution is 5.94. The average molecular weight is 916 g/mol. The van der Waals surface area contributed by atoms with Gasteiger partial charge in [-0.3, -0.25) is 28.7 Å². The molecule has 5 amide bonds. The van der Waals surface area contributed by atoms with Crippen molar-refractivity contribution >= 4 is 51.4 Å². The van der Waals surface area contributed by atoms with Gasteiger partial charge in [0.15, 0.2) is 6.23 Å². The molecule has 7 rings (SSSR count). The number of amides is 5. The Hall–Kier alpha value is -7.61. The van der Waals surface area contributed by atoms with Crippen molar-refractivity contribution < 1.29 is 38.6 Å². The van der Waals surface area contributed by atoms with Crippen LogP contribution in [0.2, 0.25) is 0 Å². The second kappa shape index (κ2) is 21.6. The van der Waals surface area contributed by atoms with Crippen molar-refractivity contribution in [3.05, 3.63) is 153 Å². The number of aliphatic hydroxyl groups is 1. The van der Waals surface area contributed by atoms with Gasteiger partial charge < -0.3 is 51.5 Å². The number of benzene rings is 4. The third-order valence-electron chi connectivity index (χ3n) is 11.8. The van der Waals surface area contributed by atoms with E-state index in [0.717, 1.165) is 43.4 Å². The lowest BCUT2D eigenvalue weighted by atomic mass is 10.00. The zero-order chi connectivity index (χ0) is 47.6. The van der Waals surface area contributed by atoms with Crippen LogP contribution in [0.15, 0.2) is 125 Å².